The van der Waals surface area contributed by atoms with Gasteiger partial charge in [0.1, 0.15) is 5.60 Å². The van der Waals surface area contributed by atoms with E-state index in [0.717, 1.165) is 24.0 Å². The summed E-state index contributed by atoms with van der Waals surface area (Å²) in [6.07, 6.45) is 2.88. The molecule has 1 aliphatic heterocycles. The number of hydrogen-bond donors (Lipinski definition) is 0. The molecule has 1 atom stereocenters. The molecule has 9 heteroatoms. The van der Waals surface area contributed by atoms with E-state index >= 15 is 0 Å². The van der Waals surface area contributed by atoms with Gasteiger partial charge in [0, 0.05) is 37.3 Å². The quantitative estimate of drug-likeness (QED) is 0.306. The number of ether oxygens (including phenoxy) is 2. The molecule has 1 unspecified atom stereocenters. The highest BCUT2D eigenvalue weighted by Gasteiger charge is 2.32. The van der Waals surface area contributed by atoms with Crippen molar-refractivity contribution in [3.63, 3.8) is 0 Å². The van der Waals surface area contributed by atoms with Crippen molar-refractivity contribution in [2.75, 3.05) is 6.54 Å². The number of nitrogens with zero attached hydrogens (tertiary/aromatic N) is 2. The third-order valence-corrected chi connectivity index (χ3v) is 7.41. The topological polar surface area (TPSA) is 77.8 Å². The summed E-state index contributed by atoms with van der Waals surface area (Å²) in [5.41, 5.74) is 2.18. The van der Waals surface area contributed by atoms with Gasteiger partial charge in [-0.25, -0.2) is 4.79 Å². The number of halogens is 2. The third-order valence-electron chi connectivity index (χ3n) is 7.41. The highest BCUT2D eigenvalue weighted by Crippen LogP contribution is 2.44. The number of hydrogen-bond acceptors (Lipinski definition) is 5. The van der Waals surface area contributed by atoms with Crippen LogP contribution < -0.4 is 10.2 Å². The van der Waals surface area contributed by atoms with Crippen LogP contribution >= 0.6 is 0 Å². The number of alkyl halides is 2. The van der Waals surface area contributed by atoms with E-state index in [-0.39, 0.29) is 46.4 Å². The molecule has 1 aromatic heterocycles. The van der Waals surface area contributed by atoms with Crippen molar-refractivity contribution in [2.45, 2.75) is 84.6 Å². The van der Waals surface area contributed by atoms with Crippen molar-refractivity contribution in [1.29, 1.82) is 0 Å². The highest BCUT2D eigenvalue weighted by atomic mass is 19.3. The Bertz CT molecular complexity index is 1550. The van der Waals surface area contributed by atoms with Gasteiger partial charge >= 0.3 is 12.7 Å². The van der Waals surface area contributed by atoms with Gasteiger partial charge in [-0.2, -0.15) is 8.78 Å². The van der Waals surface area contributed by atoms with E-state index in [1.54, 1.807) is 28.5 Å². The molecule has 2 aromatic carbocycles. The van der Waals surface area contributed by atoms with E-state index in [1.807, 2.05) is 45.9 Å². The van der Waals surface area contributed by atoms with Gasteiger partial charge in [-0.05, 0) is 74.4 Å². The average Bonchev–Trinajstić information content (AvgIpc) is 3.72. The normalized spacial score (nSPS) is 17.2. The minimum Gasteiger partial charge on any atom is -0.444 e. The number of ketones is 1. The van der Waals surface area contributed by atoms with E-state index < -0.39 is 23.7 Å². The molecule has 5 rings (SSSR count). The van der Waals surface area contributed by atoms with E-state index in [9.17, 15) is 23.2 Å². The van der Waals surface area contributed by atoms with Gasteiger partial charge in [0.05, 0.1) is 16.5 Å². The van der Waals surface area contributed by atoms with Crippen LogP contribution in [0.4, 0.5) is 13.6 Å². The number of carbonyl (C=O) groups is 2. The number of aromatic nitrogens is 1. The number of rotatable bonds is 6. The molecule has 7 nitrogen and oxygen atoms in total. The molecule has 2 aliphatic rings. The van der Waals surface area contributed by atoms with Crippen LogP contribution in [0.15, 0.2) is 41.3 Å². The number of Topliss-reactive ketones (excluding diaryl/α,β-unsaturated/α-hetero) is 1. The van der Waals surface area contributed by atoms with Crippen LogP contribution in [0.3, 0.4) is 0 Å². The number of pyridine rings is 1. The first kappa shape index (κ1) is 27.8. The largest absolute Gasteiger partial charge is 0.444 e. The Morgan fingerprint density at radius 1 is 1.12 bits per heavy atom. The first-order chi connectivity index (χ1) is 18.9. The minimum atomic E-state index is -3.12. The Hall–Kier alpha value is -3.75. The van der Waals surface area contributed by atoms with Crippen molar-refractivity contribution in [3.05, 3.63) is 63.4 Å². The molecule has 1 saturated carbocycles. The Morgan fingerprint density at radius 3 is 2.48 bits per heavy atom. The zero-order valence-corrected chi connectivity index (χ0v) is 23.4. The zero-order chi connectivity index (χ0) is 28.9. The Labute approximate surface area is 231 Å². The van der Waals surface area contributed by atoms with Crippen molar-refractivity contribution in [1.82, 2.24) is 9.47 Å². The maximum atomic E-state index is 13.8. The summed E-state index contributed by atoms with van der Waals surface area (Å²) in [7, 11) is 0. The van der Waals surface area contributed by atoms with Gasteiger partial charge in [0.25, 0.3) is 0 Å². The number of carbonyl (C=O) groups excluding carboxylic acids is 2. The van der Waals surface area contributed by atoms with Crippen LogP contribution in [0, 0.1) is 0 Å². The van der Waals surface area contributed by atoms with Gasteiger partial charge in [0.15, 0.2) is 17.0 Å². The van der Waals surface area contributed by atoms with Crippen LogP contribution in [0.25, 0.3) is 22.0 Å². The minimum absolute atomic E-state index is 0.00597. The zero-order valence-electron chi connectivity index (χ0n) is 23.4. The molecule has 1 aliphatic carbocycles. The van der Waals surface area contributed by atoms with Crippen LogP contribution in [-0.2, 0) is 11.3 Å². The second kappa shape index (κ2) is 10.3. The summed E-state index contributed by atoms with van der Waals surface area (Å²) >= 11 is 0. The number of fused-ring (bicyclic) bond motifs is 2. The molecular formula is C31H34F2N2O5. The summed E-state index contributed by atoms with van der Waals surface area (Å²) in [5, 5.41) is 0.174. The molecule has 40 heavy (non-hydrogen) atoms. The van der Waals surface area contributed by atoms with Crippen LogP contribution in [0.2, 0.25) is 0 Å². The van der Waals surface area contributed by atoms with Gasteiger partial charge in [0.2, 0.25) is 0 Å². The van der Waals surface area contributed by atoms with Crippen LogP contribution in [0.1, 0.15) is 87.3 Å². The lowest BCUT2D eigenvalue weighted by Crippen LogP contribution is -2.41. The van der Waals surface area contributed by atoms with Crippen molar-refractivity contribution < 1.29 is 27.8 Å². The van der Waals surface area contributed by atoms with E-state index in [1.165, 1.54) is 6.20 Å². The smallest absolute Gasteiger partial charge is 0.410 e. The molecule has 0 N–H and O–H groups in total. The van der Waals surface area contributed by atoms with Crippen LogP contribution in [0.5, 0.6) is 5.75 Å². The lowest BCUT2D eigenvalue weighted by molar-refractivity contribution is -0.0486. The molecule has 0 spiro atoms. The Kier molecular flexibility index (Phi) is 7.18. The molecule has 0 bridgehead atoms. The summed E-state index contributed by atoms with van der Waals surface area (Å²) in [5.74, 6) is -0.340. The standard InChI is InChI=1S/C31H34F2N2O5/c1-6-25(36)24-16-35(20-8-9-20)26-23(27(24)37)12-11-22(28(26)39-29(32)33)18-7-10-21-17(2)14-34(15-19(21)13-18)30(38)40-31(3,4)5/h7,10-13,16-17,20,29H,6,8-9,14-15H2,1-5H3. The number of amides is 1. The molecule has 1 fully saturated rings. The maximum absolute atomic E-state index is 13.8. The third kappa shape index (κ3) is 5.33. The predicted molar refractivity (Wildman–Crippen MR) is 148 cm³/mol. The van der Waals surface area contributed by atoms with Gasteiger partial charge in [-0.1, -0.05) is 26.0 Å². The Morgan fingerprint density at radius 2 is 1.85 bits per heavy atom. The molecule has 212 valence electrons. The first-order valence-corrected chi connectivity index (χ1v) is 13.7. The molecule has 0 radical (unpaired) electrons. The monoisotopic (exact) mass is 552 g/mol. The molecule has 1 amide bonds. The lowest BCUT2D eigenvalue weighted by atomic mass is 9.88. The Balaban J connectivity index is 1.65. The van der Waals surface area contributed by atoms with Gasteiger partial charge in [-0.15, -0.1) is 0 Å². The van der Waals surface area contributed by atoms with Gasteiger partial charge in [-0.3, -0.25) is 9.59 Å². The summed E-state index contributed by atoms with van der Waals surface area (Å²) in [6, 6.07) is 8.87. The SMILES string of the molecule is CCC(=O)c1cn(C2CC2)c2c(OC(F)F)c(-c3ccc4c(c3)CN(C(=O)OC(C)(C)C)CC4C)ccc2c1=O. The van der Waals surface area contributed by atoms with Crippen molar-refractivity contribution in [3.8, 4) is 16.9 Å². The van der Waals surface area contributed by atoms with Gasteiger partial charge < -0.3 is 18.9 Å². The predicted octanol–water partition coefficient (Wildman–Crippen LogP) is 7.05. The van der Waals surface area contributed by atoms with Crippen molar-refractivity contribution >= 4 is 22.8 Å². The fourth-order valence-corrected chi connectivity index (χ4v) is 5.44. The number of benzene rings is 2. The van der Waals surface area contributed by atoms with Crippen LogP contribution in [-0.4, -0.2) is 40.1 Å². The second-order valence-corrected chi connectivity index (χ2v) is 11.7. The summed E-state index contributed by atoms with van der Waals surface area (Å²) in [6.45, 7) is 6.86. The lowest BCUT2D eigenvalue weighted by Gasteiger charge is -2.34. The molecule has 2 heterocycles. The summed E-state index contributed by atoms with van der Waals surface area (Å²) < 4.78 is 40.1. The summed E-state index contributed by atoms with van der Waals surface area (Å²) in [4.78, 5) is 40.3. The van der Waals surface area contributed by atoms with E-state index in [0.29, 0.717) is 24.2 Å². The molecule has 0 saturated heterocycles. The van der Waals surface area contributed by atoms with Crippen molar-refractivity contribution in [2.24, 2.45) is 0 Å². The fraction of sp³-hybridized carbons (Fsp3) is 0.452. The highest BCUT2D eigenvalue weighted by molar-refractivity contribution is 6.01. The second-order valence-electron chi connectivity index (χ2n) is 11.7. The average molecular weight is 553 g/mol. The fourth-order valence-electron chi connectivity index (χ4n) is 5.44. The maximum Gasteiger partial charge on any atom is 0.410 e. The first-order valence-electron chi connectivity index (χ1n) is 13.7. The molecule has 3 aromatic rings. The molecular weight excluding hydrogens is 518 g/mol. The van der Waals surface area contributed by atoms with E-state index in [4.69, 9.17) is 9.47 Å². The van der Waals surface area contributed by atoms with E-state index in [2.05, 4.69) is 0 Å².